The second-order valence-corrected chi connectivity index (χ2v) is 5.77. The first-order valence-electron chi connectivity index (χ1n) is 7.57. The van der Waals surface area contributed by atoms with E-state index in [4.69, 9.17) is 14.2 Å². The Labute approximate surface area is 136 Å². The molecule has 0 aliphatic carbocycles. The largest absolute Gasteiger partial charge is 0.493 e. The Kier molecular flexibility index (Phi) is 3.99. The van der Waals surface area contributed by atoms with Gasteiger partial charge in [-0.1, -0.05) is 18.2 Å². The molecule has 0 N–H and O–H groups in total. The lowest BCUT2D eigenvalue weighted by molar-refractivity contribution is -0.135. The summed E-state index contributed by atoms with van der Waals surface area (Å²) in [6, 6.07) is 9.89. The van der Waals surface area contributed by atoms with Crippen molar-refractivity contribution < 1.29 is 19.0 Å². The van der Waals surface area contributed by atoms with Crippen LogP contribution in [0.25, 0.3) is 0 Å². The number of fused-ring (bicyclic) bond motifs is 1. The molecule has 0 spiro atoms. The summed E-state index contributed by atoms with van der Waals surface area (Å²) in [6.07, 6.45) is 0.324. The third-order valence-electron chi connectivity index (χ3n) is 4.48. The van der Waals surface area contributed by atoms with Gasteiger partial charge in [-0.2, -0.15) is 0 Å². The van der Waals surface area contributed by atoms with Crippen LogP contribution in [0, 0.1) is 13.8 Å². The van der Waals surface area contributed by atoms with Crippen LogP contribution in [0.2, 0.25) is 0 Å². The minimum absolute atomic E-state index is 0.0367. The Morgan fingerprint density at radius 3 is 2.48 bits per heavy atom. The summed E-state index contributed by atoms with van der Waals surface area (Å²) in [5.41, 5.74) is 4.19. The molecule has 0 bridgehead atoms. The maximum Gasteiger partial charge on any atom is 0.312 e. The summed E-state index contributed by atoms with van der Waals surface area (Å²) in [4.78, 5) is 12.1. The number of hydrogen-bond donors (Lipinski definition) is 0. The second-order valence-electron chi connectivity index (χ2n) is 5.77. The van der Waals surface area contributed by atoms with Gasteiger partial charge in [0.25, 0.3) is 0 Å². The van der Waals surface area contributed by atoms with E-state index in [9.17, 15) is 4.79 Å². The highest BCUT2D eigenvalue weighted by atomic mass is 16.5. The van der Waals surface area contributed by atoms with E-state index in [0.717, 1.165) is 22.3 Å². The maximum absolute atomic E-state index is 12.1. The zero-order valence-corrected chi connectivity index (χ0v) is 13.8. The van der Waals surface area contributed by atoms with Crippen molar-refractivity contribution >= 4 is 5.97 Å². The molecule has 0 fully saturated rings. The fraction of sp³-hybridized carbons (Fsp3) is 0.316. The van der Waals surface area contributed by atoms with Crippen molar-refractivity contribution in [2.75, 3.05) is 14.2 Å². The lowest BCUT2D eigenvalue weighted by Gasteiger charge is -2.27. The van der Waals surface area contributed by atoms with Gasteiger partial charge < -0.3 is 14.2 Å². The Balaban J connectivity index is 2.11. The van der Waals surface area contributed by atoms with Crippen molar-refractivity contribution in [3.8, 4) is 17.2 Å². The Bertz CT molecular complexity index is 764. The second kappa shape index (κ2) is 5.95. The third kappa shape index (κ3) is 2.65. The molecule has 0 saturated carbocycles. The van der Waals surface area contributed by atoms with E-state index >= 15 is 0 Å². The first kappa shape index (κ1) is 15.4. The smallest absolute Gasteiger partial charge is 0.312 e. The van der Waals surface area contributed by atoms with Crippen LogP contribution < -0.4 is 14.2 Å². The molecule has 1 atom stereocenters. The average molecular weight is 312 g/mol. The van der Waals surface area contributed by atoms with E-state index in [0.29, 0.717) is 23.7 Å². The predicted octanol–water partition coefficient (Wildman–Crippen LogP) is 3.76. The molecular formula is C19H20O4. The van der Waals surface area contributed by atoms with Crippen molar-refractivity contribution in [1.82, 2.24) is 0 Å². The van der Waals surface area contributed by atoms with Gasteiger partial charge in [-0.25, -0.2) is 0 Å². The molecule has 0 amide bonds. The summed E-state index contributed by atoms with van der Waals surface area (Å²) in [7, 11) is 3.22. The summed E-state index contributed by atoms with van der Waals surface area (Å²) in [6.45, 7) is 4.00. The molecule has 4 heteroatoms. The Morgan fingerprint density at radius 1 is 1.04 bits per heavy atom. The highest BCUT2D eigenvalue weighted by Crippen LogP contribution is 2.43. The molecule has 0 radical (unpaired) electrons. The molecule has 120 valence electrons. The van der Waals surface area contributed by atoms with E-state index in [1.807, 2.05) is 38.1 Å². The van der Waals surface area contributed by atoms with Crippen LogP contribution in [0.5, 0.6) is 17.2 Å². The van der Waals surface area contributed by atoms with Gasteiger partial charge in [0.1, 0.15) is 5.75 Å². The lowest BCUT2D eigenvalue weighted by atomic mass is 9.84. The molecule has 4 nitrogen and oxygen atoms in total. The van der Waals surface area contributed by atoms with Crippen LogP contribution in [-0.4, -0.2) is 20.2 Å². The highest BCUT2D eigenvalue weighted by Gasteiger charge is 2.30. The summed E-state index contributed by atoms with van der Waals surface area (Å²) in [5, 5.41) is 0. The van der Waals surface area contributed by atoms with Crippen LogP contribution in [0.3, 0.4) is 0 Å². The fourth-order valence-electron chi connectivity index (χ4n) is 3.02. The zero-order chi connectivity index (χ0) is 16.6. The van der Waals surface area contributed by atoms with Crippen molar-refractivity contribution in [3.05, 3.63) is 52.6 Å². The average Bonchev–Trinajstić information content (AvgIpc) is 2.57. The number of rotatable bonds is 3. The summed E-state index contributed by atoms with van der Waals surface area (Å²) >= 11 is 0. The van der Waals surface area contributed by atoms with Crippen molar-refractivity contribution in [3.63, 3.8) is 0 Å². The summed E-state index contributed by atoms with van der Waals surface area (Å²) < 4.78 is 16.2. The molecule has 0 aromatic heterocycles. The number of aryl methyl sites for hydroxylation is 1. The number of carbonyl (C=O) groups excluding carboxylic acids is 1. The van der Waals surface area contributed by atoms with Crippen molar-refractivity contribution in [2.24, 2.45) is 0 Å². The third-order valence-corrected chi connectivity index (χ3v) is 4.48. The minimum atomic E-state index is -0.203. The van der Waals surface area contributed by atoms with Crippen LogP contribution in [0.1, 0.15) is 34.6 Å². The topological polar surface area (TPSA) is 44.8 Å². The van der Waals surface area contributed by atoms with Gasteiger partial charge in [-0.3, -0.25) is 4.79 Å². The quantitative estimate of drug-likeness (QED) is 0.639. The molecule has 1 aliphatic heterocycles. The van der Waals surface area contributed by atoms with E-state index in [-0.39, 0.29) is 11.9 Å². The van der Waals surface area contributed by atoms with Gasteiger partial charge in [0.15, 0.2) is 11.5 Å². The number of esters is 1. The van der Waals surface area contributed by atoms with Crippen molar-refractivity contribution in [1.29, 1.82) is 0 Å². The van der Waals surface area contributed by atoms with E-state index in [1.54, 1.807) is 14.2 Å². The Morgan fingerprint density at radius 2 is 1.78 bits per heavy atom. The van der Waals surface area contributed by atoms with Gasteiger partial charge in [-0.15, -0.1) is 0 Å². The molecule has 0 saturated heterocycles. The first-order chi connectivity index (χ1) is 11.0. The van der Waals surface area contributed by atoms with Crippen LogP contribution >= 0.6 is 0 Å². The normalized spacial score (nSPS) is 16.5. The summed E-state index contributed by atoms with van der Waals surface area (Å²) in [5.74, 6) is 1.79. The van der Waals surface area contributed by atoms with E-state index in [2.05, 4.69) is 6.07 Å². The first-order valence-corrected chi connectivity index (χ1v) is 7.57. The van der Waals surface area contributed by atoms with E-state index in [1.165, 1.54) is 0 Å². The van der Waals surface area contributed by atoms with Gasteiger partial charge >= 0.3 is 5.97 Å². The number of hydrogen-bond acceptors (Lipinski definition) is 4. The molecule has 1 heterocycles. The number of carbonyl (C=O) groups is 1. The van der Waals surface area contributed by atoms with Crippen LogP contribution in [0.15, 0.2) is 30.3 Å². The number of methoxy groups -OCH3 is 2. The minimum Gasteiger partial charge on any atom is -0.493 e. The molecule has 23 heavy (non-hydrogen) atoms. The highest BCUT2D eigenvalue weighted by molar-refractivity contribution is 5.78. The number of ether oxygens (including phenoxy) is 3. The molecule has 1 aliphatic rings. The molecule has 2 aromatic carbocycles. The standard InChI is InChI=1S/C19H20O4/c1-11-5-7-14-15(10-18(20)23-19(14)12(11)2)13-6-8-16(21-3)17(9-13)22-4/h5-9,15H,10H2,1-4H3/t15-/m1/s1. The van der Waals surface area contributed by atoms with Gasteiger partial charge in [0, 0.05) is 11.5 Å². The van der Waals surface area contributed by atoms with Crippen molar-refractivity contribution in [2.45, 2.75) is 26.2 Å². The maximum atomic E-state index is 12.1. The lowest BCUT2D eigenvalue weighted by Crippen LogP contribution is -2.22. The van der Waals surface area contributed by atoms with Crippen LogP contribution in [-0.2, 0) is 4.79 Å². The van der Waals surface area contributed by atoms with Crippen LogP contribution in [0.4, 0.5) is 0 Å². The SMILES string of the molecule is COc1ccc([C@H]2CC(=O)Oc3c2ccc(C)c3C)cc1OC. The molecule has 3 rings (SSSR count). The van der Waals surface area contributed by atoms with Gasteiger partial charge in [0.2, 0.25) is 0 Å². The monoisotopic (exact) mass is 312 g/mol. The molecule has 0 unspecified atom stereocenters. The Hall–Kier alpha value is -2.49. The number of benzene rings is 2. The fourth-order valence-corrected chi connectivity index (χ4v) is 3.02. The predicted molar refractivity (Wildman–Crippen MR) is 87.6 cm³/mol. The molecular weight excluding hydrogens is 292 g/mol. The van der Waals surface area contributed by atoms with E-state index < -0.39 is 0 Å². The molecule has 2 aromatic rings. The zero-order valence-electron chi connectivity index (χ0n) is 13.8. The van der Waals surface area contributed by atoms with Gasteiger partial charge in [-0.05, 0) is 42.7 Å². The van der Waals surface area contributed by atoms with Gasteiger partial charge in [0.05, 0.1) is 20.6 Å².